The van der Waals surface area contributed by atoms with Gasteiger partial charge in [-0.05, 0) is 25.1 Å². The Bertz CT molecular complexity index is 867. The van der Waals surface area contributed by atoms with Crippen molar-refractivity contribution in [2.45, 2.75) is 19.4 Å². The summed E-state index contributed by atoms with van der Waals surface area (Å²) in [7, 11) is 0. The van der Waals surface area contributed by atoms with E-state index < -0.39 is 4.92 Å². The van der Waals surface area contributed by atoms with Gasteiger partial charge >= 0.3 is 0 Å². The molecule has 0 spiro atoms. The van der Waals surface area contributed by atoms with E-state index in [4.69, 9.17) is 4.74 Å². The quantitative estimate of drug-likeness (QED) is 0.671. The lowest BCUT2D eigenvalue weighted by molar-refractivity contribution is -0.384. The van der Waals surface area contributed by atoms with Crippen molar-refractivity contribution in [2.75, 3.05) is 16.8 Å². The number of hydrogen-bond donors (Lipinski definition) is 1. The molecule has 26 heavy (non-hydrogen) atoms. The van der Waals surface area contributed by atoms with Gasteiger partial charge in [0.1, 0.15) is 5.75 Å². The summed E-state index contributed by atoms with van der Waals surface area (Å²) in [4.78, 5) is 36.5. The lowest BCUT2D eigenvalue weighted by atomic mass is 10.1. The molecule has 1 aliphatic heterocycles. The zero-order chi connectivity index (χ0) is 18.7. The van der Waals surface area contributed by atoms with Gasteiger partial charge in [0.2, 0.25) is 5.91 Å². The van der Waals surface area contributed by atoms with Crippen molar-refractivity contribution in [3.63, 3.8) is 0 Å². The van der Waals surface area contributed by atoms with E-state index in [-0.39, 0.29) is 42.3 Å². The summed E-state index contributed by atoms with van der Waals surface area (Å²) in [6.07, 6.45) is 0.164. The minimum absolute atomic E-state index is 0.113. The van der Waals surface area contributed by atoms with Gasteiger partial charge in [-0.1, -0.05) is 18.2 Å². The van der Waals surface area contributed by atoms with Crippen molar-refractivity contribution in [1.82, 2.24) is 0 Å². The maximum Gasteiger partial charge on any atom is 0.273 e. The zero-order valence-electron chi connectivity index (χ0n) is 14.0. The average molecular weight is 355 g/mol. The Morgan fingerprint density at radius 1 is 1.31 bits per heavy atom. The first-order chi connectivity index (χ1) is 12.5. The standard InChI is InChI=1S/C18H17N3O5/c1-12-9-17(22)19-15-7-2-3-8-16(15)20(12)18(23)11-26-14-6-4-5-13(10-14)21(24)25/h2-8,10,12H,9,11H2,1H3,(H,19,22)/t12-/m0/s1. The first-order valence-corrected chi connectivity index (χ1v) is 8.04. The van der Waals surface area contributed by atoms with Crippen LogP contribution in [0.25, 0.3) is 0 Å². The molecule has 0 fully saturated rings. The molecule has 1 atom stereocenters. The maximum absolute atomic E-state index is 12.8. The van der Waals surface area contributed by atoms with Crippen molar-refractivity contribution in [3.8, 4) is 5.75 Å². The molecule has 134 valence electrons. The molecule has 2 amide bonds. The topological polar surface area (TPSA) is 102 Å². The Labute approximate surface area is 149 Å². The van der Waals surface area contributed by atoms with Crippen LogP contribution in [-0.4, -0.2) is 29.4 Å². The van der Waals surface area contributed by atoms with Gasteiger partial charge in [-0.25, -0.2) is 0 Å². The number of rotatable bonds is 4. The van der Waals surface area contributed by atoms with Crippen LogP contribution in [0.3, 0.4) is 0 Å². The Morgan fingerprint density at radius 3 is 2.85 bits per heavy atom. The molecular formula is C18H17N3O5. The highest BCUT2D eigenvalue weighted by atomic mass is 16.6. The van der Waals surface area contributed by atoms with Crippen LogP contribution in [0.2, 0.25) is 0 Å². The third-order valence-electron chi connectivity index (χ3n) is 4.02. The summed E-state index contributed by atoms with van der Waals surface area (Å²) in [6.45, 7) is 1.49. The highest BCUT2D eigenvalue weighted by Gasteiger charge is 2.29. The summed E-state index contributed by atoms with van der Waals surface area (Å²) in [5, 5.41) is 13.6. The molecule has 0 saturated carbocycles. The second-order valence-electron chi connectivity index (χ2n) is 5.93. The number of anilines is 2. The first kappa shape index (κ1) is 17.4. The molecule has 0 aromatic heterocycles. The number of nitrogens with one attached hydrogen (secondary N) is 1. The number of benzene rings is 2. The Balaban J connectivity index is 1.79. The largest absolute Gasteiger partial charge is 0.483 e. The Hall–Kier alpha value is -3.42. The van der Waals surface area contributed by atoms with E-state index in [1.54, 1.807) is 37.3 Å². The van der Waals surface area contributed by atoms with Gasteiger partial charge in [-0.15, -0.1) is 0 Å². The molecule has 1 N–H and O–H groups in total. The second-order valence-corrected chi connectivity index (χ2v) is 5.93. The van der Waals surface area contributed by atoms with E-state index in [1.807, 2.05) is 0 Å². The molecule has 8 heteroatoms. The fraction of sp³-hybridized carbons (Fsp3) is 0.222. The molecular weight excluding hydrogens is 338 g/mol. The number of hydrogen-bond acceptors (Lipinski definition) is 5. The number of ether oxygens (including phenoxy) is 1. The van der Waals surface area contributed by atoms with E-state index in [0.717, 1.165) is 0 Å². The van der Waals surface area contributed by atoms with E-state index in [9.17, 15) is 19.7 Å². The lowest BCUT2D eigenvalue weighted by Gasteiger charge is -2.27. The summed E-state index contributed by atoms with van der Waals surface area (Å²) < 4.78 is 5.44. The summed E-state index contributed by atoms with van der Waals surface area (Å²) in [5.41, 5.74) is 1.04. The van der Waals surface area contributed by atoms with Crippen LogP contribution in [0, 0.1) is 10.1 Å². The predicted octanol–water partition coefficient (Wildman–Crippen LogP) is 2.74. The zero-order valence-corrected chi connectivity index (χ0v) is 14.0. The molecule has 0 saturated heterocycles. The summed E-state index contributed by atoms with van der Waals surface area (Å²) in [5.74, 6) is -0.273. The first-order valence-electron chi connectivity index (χ1n) is 8.04. The van der Waals surface area contributed by atoms with Gasteiger partial charge in [0.25, 0.3) is 11.6 Å². The number of para-hydroxylation sites is 2. The Kier molecular flexibility index (Phi) is 4.83. The number of amides is 2. The number of non-ortho nitro benzene ring substituents is 1. The fourth-order valence-corrected chi connectivity index (χ4v) is 2.87. The van der Waals surface area contributed by atoms with Gasteiger partial charge in [0.15, 0.2) is 6.61 Å². The molecule has 0 aliphatic carbocycles. The van der Waals surface area contributed by atoms with Crippen LogP contribution in [0.4, 0.5) is 17.1 Å². The molecule has 2 aromatic carbocycles. The normalized spacial score (nSPS) is 16.3. The van der Waals surface area contributed by atoms with Crippen LogP contribution in [0.1, 0.15) is 13.3 Å². The highest BCUT2D eigenvalue weighted by molar-refractivity contribution is 6.04. The van der Waals surface area contributed by atoms with Gasteiger partial charge in [0, 0.05) is 18.5 Å². The molecule has 1 heterocycles. The van der Waals surface area contributed by atoms with Gasteiger partial charge < -0.3 is 15.0 Å². The van der Waals surface area contributed by atoms with Crippen molar-refractivity contribution in [3.05, 3.63) is 58.6 Å². The molecule has 2 aromatic rings. The van der Waals surface area contributed by atoms with Crippen LogP contribution < -0.4 is 15.0 Å². The molecule has 0 radical (unpaired) electrons. The lowest BCUT2D eigenvalue weighted by Crippen LogP contribution is -2.41. The van der Waals surface area contributed by atoms with Crippen molar-refractivity contribution in [1.29, 1.82) is 0 Å². The SMILES string of the molecule is C[C@H]1CC(=O)Nc2ccccc2N1C(=O)COc1cccc([N+](=O)[O-])c1. The minimum Gasteiger partial charge on any atom is -0.483 e. The van der Waals surface area contributed by atoms with E-state index >= 15 is 0 Å². The third kappa shape index (κ3) is 3.64. The highest BCUT2D eigenvalue weighted by Crippen LogP contribution is 2.31. The minimum atomic E-state index is -0.529. The smallest absolute Gasteiger partial charge is 0.273 e. The molecule has 0 unspecified atom stereocenters. The number of carbonyl (C=O) groups is 2. The fourth-order valence-electron chi connectivity index (χ4n) is 2.87. The average Bonchev–Trinajstić information content (AvgIpc) is 2.74. The summed E-state index contributed by atoms with van der Waals surface area (Å²) in [6, 6.07) is 12.3. The number of carbonyl (C=O) groups excluding carboxylic acids is 2. The van der Waals surface area contributed by atoms with Crippen LogP contribution in [0.5, 0.6) is 5.75 Å². The molecule has 1 aliphatic rings. The predicted molar refractivity (Wildman–Crippen MR) is 95.2 cm³/mol. The van der Waals surface area contributed by atoms with Crippen LogP contribution >= 0.6 is 0 Å². The van der Waals surface area contributed by atoms with Gasteiger partial charge in [-0.3, -0.25) is 19.7 Å². The monoisotopic (exact) mass is 355 g/mol. The van der Waals surface area contributed by atoms with Crippen molar-refractivity contribution in [2.24, 2.45) is 0 Å². The third-order valence-corrected chi connectivity index (χ3v) is 4.02. The van der Waals surface area contributed by atoms with Crippen LogP contribution in [0.15, 0.2) is 48.5 Å². The number of nitro benzene ring substituents is 1. The van der Waals surface area contributed by atoms with E-state index in [1.165, 1.54) is 23.1 Å². The van der Waals surface area contributed by atoms with E-state index in [0.29, 0.717) is 11.4 Å². The maximum atomic E-state index is 12.8. The van der Waals surface area contributed by atoms with Crippen molar-refractivity contribution >= 4 is 28.9 Å². The molecule has 3 rings (SSSR count). The van der Waals surface area contributed by atoms with Crippen LogP contribution in [-0.2, 0) is 9.59 Å². The molecule has 8 nitrogen and oxygen atoms in total. The number of nitro groups is 1. The molecule has 0 bridgehead atoms. The number of fused-ring (bicyclic) bond motifs is 1. The van der Waals surface area contributed by atoms with Crippen molar-refractivity contribution < 1.29 is 19.2 Å². The van der Waals surface area contributed by atoms with E-state index in [2.05, 4.69) is 5.32 Å². The number of nitrogens with zero attached hydrogens (tertiary/aromatic N) is 2. The summed E-state index contributed by atoms with van der Waals surface area (Å²) >= 11 is 0. The van der Waals surface area contributed by atoms with Gasteiger partial charge in [-0.2, -0.15) is 0 Å². The Morgan fingerprint density at radius 2 is 2.08 bits per heavy atom. The second kappa shape index (κ2) is 7.22. The van der Waals surface area contributed by atoms with Gasteiger partial charge in [0.05, 0.1) is 22.4 Å².